The van der Waals surface area contributed by atoms with Gasteiger partial charge in [0.2, 0.25) is 0 Å². The summed E-state index contributed by atoms with van der Waals surface area (Å²) in [7, 11) is 4.20. The second-order valence-corrected chi connectivity index (χ2v) is 5.22. The SMILES string of the molecule is Cc1c(CN(C)CC2CCCCN2)cnn1C. The van der Waals surface area contributed by atoms with Crippen molar-refractivity contribution < 1.29 is 0 Å². The standard InChI is InChI=1S/C13H24N4/c1-11-12(8-15-17(11)3)9-16(2)10-13-6-4-5-7-14-13/h8,13-14H,4-7,9-10H2,1-3H3. The van der Waals surface area contributed by atoms with Gasteiger partial charge >= 0.3 is 0 Å². The number of nitrogens with one attached hydrogen (secondary N) is 1. The summed E-state index contributed by atoms with van der Waals surface area (Å²) in [5.41, 5.74) is 2.61. The Kier molecular flexibility index (Phi) is 4.18. The molecule has 4 nitrogen and oxygen atoms in total. The number of piperidine rings is 1. The molecule has 0 aromatic carbocycles. The highest BCUT2D eigenvalue weighted by Crippen LogP contribution is 2.11. The molecule has 1 unspecified atom stereocenters. The van der Waals surface area contributed by atoms with Crippen LogP contribution in [0.25, 0.3) is 0 Å². The van der Waals surface area contributed by atoms with Crippen LogP contribution in [0.4, 0.5) is 0 Å². The van der Waals surface area contributed by atoms with Crippen LogP contribution in [0, 0.1) is 6.92 Å². The molecule has 0 radical (unpaired) electrons. The van der Waals surface area contributed by atoms with Crippen LogP contribution in [-0.4, -0.2) is 40.9 Å². The normalized spacial score (nSPS) is 21.1. The molecule has 1 saturated heterocycles. The summed E-state index contributed by atoms with van der Waals surface area (Å²) < 4.78 is 1.95. The molecule has 0 aliphatic carbocycles. The zero-order chi connectivity index (χ0) is 12.3. The Morgan fingerprint density at radius 3 is 2.94 bits per heavy atom. The van der Waals surface area contributed by atoms with Crippen molar-refractivity contribution in [1.29, 1.82) is 0 Å². The zero-order valence-corrected chi connectivity index (χ0v) is 11.2. The van der Waals surface area contributed by atoms with Crippen molar-refractivity contribution >= 4 is 0 Å². The smallest absolute Gasteiger partial charge is 0.0537 e. The van der Waals surface area contributed by atoms with E-state index in [0.717, 1.165) is 13.1 Å². The van der Waals surface area contributed by atoms with E-state index >= 15 is 0 Å². The van der Waals surface area contributed by atoms with E-state index in [1.807, 2.05) is 17.9 Å². The summed E-state index contributed by atoms with van der Waals surface area (Å²) in [5, 5.41) is 7.88. The number of rotatable bonds is 4. The van der Waals surface area contributed by atoms with E-state index in [1.54, 1.807) is 0 Å². The fraction of sp³-hybridized carbons (Fsp3) is 0.769. The number of nitrogens with zero attached hydrogens (tertiary/aromatic N) is 3. The molecule has 0 bridgehead atoms. The van der Waals surface area contributed by atoms with E-state index in [1.165, 1.54) is 37.1 Å². The van der Waals surface area contributed by atoms with Gasteiger partial charge in [-0.25, -0.2) is 0 Å². The highest BCUT2D eigenvalue weighted by Gasteiger charge is 2.15. The van der Waals surface area contributed by atoms with Crippen LogP contribution in [0.1, 0.15) is 30.5 Å². The predicted molar refractivity (Wildman–Crippen MR) is 69.9 cm³/mol. The molecule has 4 heteroatoms. The van der Waals surface area contributed by atoms with Crippen molar-refractivity contribution in [2.24, 2.45) is 7.05 Å². The van der Waals surface area contributed by atoms with Gasteiger partial charge in [0.25, 0.3) is 0 Å². The predicted octanol–water partition coefficient (Wildman–Crippen LogP) is 1.30. The molecule has 0 amide bonds. The molecule has 1 aliphatic heterocycles. The van der Waals surface area contributed by atoms with Crippen molar-refractivity contribution in [3.63, 3.8) is 0 Å². The Morgan fingerprint density at radius 2 is 2.35 bits per heavy atom. The van der Waals surface area contributed by atoms with Crippen LogP contribution in [0.2, 0.25) is 0 Å². The van der Waals surface area contributed by atoms with Crippen LogP contribution >= 0.6 is 0 Å². The Bertz CT molecular complexity index is 352. The quantitative estimate of drug-likeness (QED) is 0.855. The maximum Gasteiger partial charge on any atom is 0.0537 e. The summed E-state index contributed by atoms with van der Waals surface area (Å²) in [6.07, 6.45) is 6.01. The monoisotopic (exact) mass is 236 g/mol. The molecular formula is C13H24N4. The zero-order valence-electron chi connectivity index (χ0n) is 11.2. The lowest BCUT2D eigenvalue weighted by Crippen LogP contribution is -2.42. The summed E-state index contributed by atoms with van der Waals surface area (Å²) in [6.45, 7) is 5.45. The Labute approximate surface area is 104 Å². The van der Waals surface area contributed by atoms with E-state index in [4.69, 9.17) is 0 Å². The van der Waals surface area contributed by atoms with Gasteiger partial charge in [-0.2, -0.15) is 5.10 Å². The van der Waals surface area contributed by atoms with Crippen LogP contribution in [0.5, 0.6) is 0 Å². The lowest BCUT2D eigenvalue weighted by molar-refractivity contribution is 0.256. The van der Waals surface area contributed by atoms with Crippen molar-refractivity contribution in [2.45, 2.75) is 38.8 Å². The molecule has 17 heavy (non-hydrogen) atoms. The molecule has 0 spiro atoms. The number of hydrogen-bond acceptors (Lipinski definition) is 3. The van der Waals surface area contributed by atoms with Gasteiger partial charge < -0.3 is 10.2 Å². The molecule has 1 aliphatic rings. The van der Waals surface area contributed by atoms with Gasteiger partial charge in [-0.3, -0.25) is 4.68 Å². The van der Waals surface area contributed by atoms with E-state index in [9.17, 15) is 0 Å². The van der Waals surface area contributed by atoms with Gasteiger partial charge in [0.1, 0.15) is 0 Å². The van der Waals surface area contributed by atoms with Crippen LogP contribution in [-0.2, 0) is 13.6 Å². The fourth-order valence-corrected chi connectivity index (χ4v) is 2.51. The average Bonchev–Trinajstić information content (AvgIpc) is 2.62. The first-order valence-corrected chi connectivity index (χ1v) is 6.56. The molecule has 1 N–H and O–H groups in total. The number of likely N-dealkylation sites (N-methyl/N-ethyl adjacent to an activating group) is 1. The average molecular weight is 236 g/mol. The van der Waals surface area contributed by atoms with Gasteiger partial charge in [0, 0.05) is 37.4 Å². The fourth-order valence-electron chi connectivity index (χ4n) is 2.51. The summed E-state index contributed by atoms with van der Waals surface area (Å²) >= 11 is 0. The molecule has 1 aromatic rings. The third-order valence-corrected chi connectivity index (χ3v) is 3.72. The lowest BCUT2D eigenvalue weighted by atomic mass is 10.0. The topological polar surface area (TPSA) is 33.1 Å². The minimum absolute atomic E-state index is 0.672. The minimum atomic E-state index is 0.672. The molecule has 96 valence electrons. The van der Waals surface area contributed by atoms with Crippen LogP contribution in [0.15, 0.2) is 6.20 Å². The minimum Gasteiger partial charge on any atom is -0.313 e. The van der Waals surface area contributed by atoms with Gasteiger partial charge in [-0.05, 0) is 33.4 Å². The molecule has 2 heterocycles. The molecule has 0 saturated carbocycles. The summed E-state index contributed by atoms with van der Waals surface area (Å²) in [6, 6.07) is 0.672. The Balaban J connectivity index is 1.84. The maximum absolute atomic E-state index is 4.29. The van der Waals surface area contributed by atoms with Crippen molar-refractivity contribution in [2.75, 3.05) is 20.1 Å². The van der Waals surface area contributed by atoms with Gasteiger partial charge in [0.05, 0.1) is 6.20 Å². The van der Waals surface area contributed by atoms with Crippen molar-refractivity contribution in [1.82, 2.24) is 20.0 Å². The molecule has 1 aromatic heterocycles. The van der Waals surface area contributed by atoms with E-state index in [-0.39, 0.29) is 0 Å². The highest BCUT2D eigenvalue weighted by atomic mass is 15.3. The Morgan fingerprint density at radius 1 is 1.53 bits per heavy atom. The second kappa shape index (κ2) is 5.65. The van der Waals surface area contributed by atoms with Gasteiger partial charge in [-0.15, -0.1) is 0 Å². The number of hydrogen-bond donors (Lipinski definition) is 1. The third-order valence-electron chi connectivity index (χ3n) is 3.72. The van der Waals surface area contributed by atoms with Gasteiger partial charge in [0.15, 0.2) is 0 Å². The van der Waals surface area contributed by atoms with Crippen molar-refractivity contribution in [3.8, 4) is 0 Å². The van der Waals surface area contributed by atoms with Crippen LogP contribution in [0.3, 0.4) is 0 Å². The second-order valence-electron chi connectivity index (χ2n) is 5.22. The summed E-state index contributed by atoms with van der Waals surface area (Å²) in [4.78, 5) is 2.40. The number of aromatic nitrogens is 2. The Hall–Kier alpha value is -0.870. The molecular weight excluding hydrogens is 212 g/mol. The first kappa shape index (κ1) is 12.6. The largest absolute Gasteiger partial charge is 0.313 e. The molecule has 1 atom stereocenters. The first-order valence-electron chi connectivity index (χ1n) is 6.56. The molecule has 1 fully saturated rings. The number of aryl methyl sites for hydroxylation is 1. The van der Waals surface area contributed by atoms with Gasteiger partial charge in [-0.1, -0.05) is 6.42 Å². The first-order chi connectivity index (χ1) is 8.16. The highest BCUT2D eigenvalue weighted by molar-refractivity contribution is 5.15. The molecule has 2 rings (SSSR count). The van der Waals surface area contributed by atoms with E-state index in [2.05, 4.69) is 29.3 Å². The lowest BCUT2D eigenvalue weighted by Gasteiger charge is -2.28. The maximum atomic E-state index is 4.29. The van der Waals surface area contributed by atoms with Crippen LogP contribution < -0.4 is 5.32 Å². The van der Waals surface area contributed by atoms with E-state index < -0.39 is 0 Å². The van der Waals surface area contributed by atoms with E-state index in [0.29, 0.717) is 6.04 Å². The van der Waals surface area contributed by atoms with Crippen molar-refractivity contribution in [3.05, 3.63) is 17.5 Å². The summed E-state index contributed by atoms with van der Waals surface area (Å²) in [5.74, 6) is 0. The third kappa shape index (κ3) is 3.30.